The minimum Gasteiger partial charge on any atom is -0.481 e. The van der Waals surface area contributed by atoms with E-state index in [1.807, 2.05) is 0 Å². The summed E-state index contributed by atoms with van der Waals surface area (Å²) in [5, 5.41) is 8.22. The normalized spacial score (nSPS) is 9.33. The van der Waals surface area contributed by atoms with Gasteiger partial charge >= 0.3 is 5.97 Å². The molecule has 0 aromatic rings. The standard InChI is InChI=1S/C7H12BO4/c9-6-8-3-1-4-12-5-2-7(10)11/h6H,1-5H2,(H,10,11). The van der Waals surface area contributed by atoms with Crippen LogP contribution in [0.2, 0.25) is 6.32 Å². The van der Waals surface area contributed by atoms with Gasteiger partial charge in [-0.2, -0.15) is 0 Å². The lowest BCUT2D eigenvalue weighted by molar-refractivity contribution is -0.138. The molecule has 0 heterocycles. The summed E-state index contributed by atoms with van der Waals surface area (Å²) in [6.45, 7) is 0.758. The van der Waals surface area contributed by atoms with E-state index in [4.69, 9.17) is 9.84 Å². The fourth-order valence-corrected chi connectivity index (χ4v) is 0.633. The van der Waals surface area contributed by atoms with Crippen molar-refractivity contribution < 1.29 is 19.4 Å². The molecular formula is C7H12BO4. The third-order valence-electron chi connectivity index (χ3n) is 1.22. The van der Waals surface area contributed by atoms with Crippen molar-refractivity contribution in [3.63, 3.8) is 0 Å². The quantitative estimate of drug-likeness (QED) is 0.321. The second-order valence-corrected chi connectivity index (χ2v) is 2.27. The first-order chi connectivity index (χ1) is 5.77. The summed E-state index contributed by atoms with van der Waals surface area (Å²) in [5.74, 6) is -0.852. The van der Waals surface area contributed by atoms with E-state index in [0.717, 1.165) is 12.6 Å². The molecule has 0 aromatic heterocycles. The predicted octanol–water partition coefficient (Wildman–Crippen LogP) is 0.181. The van der Waals surface area contributed by atoms with Gasteiger partial charge in [0.15, 0.2) is 7.28 Å². The Morgan fingerprint density at radius 1 is 1.50 bits per heavy atom. The molecule has 0 saturated heterocycles. The molecule has 0 fully saturated rings. The highest BCUT2D eigenvalue weighted by Gasteiger charge is 1.95. The minimum atomic E-state index is -0.852. The molecule has 0 amide bonds. The highest BCUT2D eigenvalue weighted by Crippen LogP contribution is 1.90. The summed E-state index contributed by atoms with van der Waals surface area (Å²) in [6, 6.07) is 0. The van der Waals surface area contributed by atoms with E-state index < -0.39 is 5.97 Å². The lowest BCUT2D eigenvalue weighted by atomic mass is 9.76. The predicted molar refractivity (Wildman–Crippen MR) is 45.0 cm³/mol. The van der Waals surface area contributed by atoms with Crippen LogP contribution in [0.1, 0.15) is 12.8 Å². The summed E-state index contributed by atoms with van der Waals surface area (Å²) in [7, 11) is 1.51. The molecule has 0 rings (SSSR count). The van der Waals surface area contributed by atoms with Crippen LogP contribution in [0.5, 0.6) is 0 Å². The summed E-state index contributed by atoms with van der Waals surface area (Å²) in [4.78, 5) is 19.8. The Morgan fingerprint density at radius 3 is 2.83 bits per heavy atom. The van der Waals surface area contributed by atoms with Crippen LogP contribution >= 0.6 is 0 Å². The zero-order valence-electron chi connectivity index (χ0n) is 6.86. The van der Waals surface area contributed by atoms with Gasteiger partial charge in [-0.1, -0.05) is 6.32 Å². The molecule has 5 heteroatoms. The number of carbonyl (C=O) groups excluding carboxylic acids is 1. The molecule has 0 aromatic carbocycles. The second kappa shape index (κ2) is 8.26. The molecule has 4 nitrogen and oxygen atoms in total. The molecule has 0 bridgehead atoms. The van der Waals surface area contributed by atoms with Crippen molar-refractivity contribution in [3.05, 3.63) is 0 Å². The summed E-state index contributed by atoms with van der Waals surface area (Å²) in [5.41, 5.74) is 0. The van der Waals surface area contributed by atoms with Crippen molar-refractivity contribution in [2.24, 2.45) is 0 Å². The number of hydrogen-bond donors (Lipinski definition) is 1. The van der Waals surface area contributed by atoms with E-state index in [-0.39, 0.29) is 13.0 Å². The summed E-state index contributed by atoms with van der Waals surface area (Å²) < 4.78 is 4.97. The number of carbonyl (C=O) groups is 2. The average molecular weight is 171 g/mol. The van der Waals surface area contributed by atoms with Crippen molar-refractivity contribution >= 4 is 19.4 Å². The van der Waals surface area contributed by atoms with E-state index >= 15 is 0 Å². The fraction of sp³-hybridized carbons (Fsp3) is 0.714. The number of hydrogen-bond acceptors (Lipinski definition) is 3. The van der Waals surface area contributed by atoms with Gasteiger partial charge in [0, 0.05) is 6.61 Å². The molecule has 12 heavy (non-hydrogen) atoms. The van der Waals surface area contributed by atoms with Crippen molar-refractivity contribution in [2.45, 2.75) is 19.2 Å². The van der Waals surface area contributed by atoms with E-state index in [2.05, 4.69) is 0 Å². The number of aliphatic carboxylic acids is 1. The van der Waals surface area contributed by atoms with Gasteiger partial charge in [0.05, 0.1) is 19.2 Å². The second-order valence-electron chi connectivity index (χ2n) is 2.27. The van der Waals surface area contributed by atoms with Crippen LogP contribution < -0.4 is 0 Å². The third kappa shape index (κ3) is 9.16. The Balaban J connectivity index is 2.90. The Bertz CT molecular complexity index is 137. The van der Waals surface area contributed by atoms with Crippen LogP contribution in [0.25, 0.3) is 0 Å². The smallest absolute Gasteiger partial charge is 0.305 e. The van der Waals surface area contributed by atoms with E-state index in [0.29, 0.717) is 12.9 Å². The summed E-state index contributed by atoms with van der Waals surface area (Å²) >= 11 is 0. The highest BCUT2D eigenvalue weighted by atomic mass is 16.5. The van der Waals surface area contributed by atoms with Crippen LogP contribution in [-0.2, 0) is 14.3 Å². The Hall–Kier alpha value is -0.835. The van der Waals surface area contributed by atoms with Crippen molar-refractivity contribution in [1.29, 1.82) is 0 Å². The van der Waals surface area contributed by atoms with Crippen molar-refractivity contribution in [3.8, 4) is 0 Å². The first-order valence-corrected chi connectivity index (χ1v) is 3.84. The Labute approximate surface area is 72.1 Å². The molecule has 1 radical (unpaired) electrons. The zero-order valence-corrected chi connectivity index (χ0v) is 6.86. The number of rotatable bonds is 8. The largest absolute Gasteiger partial charge is 0.481 e. The Morgan fingerprint density at radius 2 is 2.25 bits per heavy atom. The van der Waals surface area contributed by atoms with Gasteiger partial charge in [-0.15, -0.1) is 0 Å². The number of carboxylic acids is 1. The molecule has 0 unspecified atom stereocenters. The van der Waals surface area contributed by atoms with Gasteiger partial charge in [-0.05, 0) is 6.42 Å². The lowest BCUT2D eigenvalue weighted by Crippen LogP contribution is -2.04. The first-order valence-electron chi connectivity index (χ1n) is 3.84. The van der Waals surface area contributed by atoms with Crippen LogP contribution in [-0.4, -0.2) is 37.8 Å². The van der Waals surface area contributed by atoms with E-state index in [9.17, 15) is 9.59 Å². The maximum absolute atomic E-state index is 10.0. The lowest BCUT2D eigenvalue weighted by Gasteiger charge is -1.99. The van der Waals surface area contributed by atoms with Crippen LogP contribution in [0.15, 0.2) is 0 Å². The SMILES string of the molecule is O=C[B]CCCOCCC(=O)O. The highest BCUT2D eigenvalue weighted by molar-refractivity contribution is 6.66. The van der Waals surface area contributed by atoms with Gasteiger partial charge in [-0.25, -0.2) is 0 Å². The molecule has 67 valence electrons. The van der Waals surface area contributed by atoms with Gasteiger partial charge in [0.2, 0.25) is 0 Å². The van der Waals surface area contributed by atoms with Crippen LogP contribution in [0, 0.1) is 0 Å². The van der Waals surface area contributed by atoms with Gasteiger partial charge in [0.1, 0.15) is 0 Å². The van der Waals surface area contributed by atoms with Gasteiger partial charge in [0.25, 0.3) is 0 Å². The Kier molecular flexibility index (Phi) is 7.69. The monoisotopic (exact) mass is 171 g/mol. The minimum absolute atomic E-state index is 0.0391. The van der Waals surface area contributed by atoms with Gasteiger partial charge < -0.3 is 14.6 Å². The van der Waals surface area contributed by atoms with Crippen LogP contribution in [0.3, 0.4) is 0 Å². The molecule has 1 N–H and O–H groups in total. The first kappa shape index (κ1) is 11.2. The van der Waals surface area contributed by atoms with E-state index in [1.165, 1.54) is 7.28 Å². The molecule has 0 aliphatic rings. The zero-order chi connectivity index (χ0) is 9.23. The molecular weight excluding hydrogens is 159 g/mol. The number of ether oxygens (including phenoxy) is 1. The molecule has 0 aliphatic heterocycles. The van der Waals surface area contributed by atoms with E-state index in [1.54, 1.807) is 0 Å². The average Bonchev–Trinajstić information content (AvgIpc) is 2.02. The maximum atomic E-state index is 10.0. The molecule has 0 aliphatic carbocycles. The number of carboxylic acid groups (broad SMARTS) is 1. The van der Waals surface area contributed by atoms with Gasteiger partial charge in [-0.3, -0.25) is 4.79 Å². The molecule has 0 saturated carbocycles. The summed E-state index contributed by atoms with van der Waals surface area (Å²) in [6.07, 6.45) is 2.24. The van der Waals surface area contributed by atoms with Crippen molar-refractivity contribution in [2.75, 3.05) is 13.2 Å². The van der Waals surface area contributed by atoms with Crippen molar-refractivity contribution in [1.82, 2.24) is 0 Å². The topological polar surface area (TPSA) is 63.6 Å². The molecule has 0 atom stereocenters. The van der Waals surface area contributed by atoms with Crippen LogP contribution in [0.4, 0.5) is 0 Å². The maximum Gasteiger partial charge on any atom is 0.305 e. The third-order valence-corrected chi connectivity index (χ3v) is 1.22. The molecule has 0 spiro atoms. The fourth-order valence-electron chi connectivity index (χ4n) is 0.633.